The number of amides is 2. The van der Waals surface area contributed by atoms with Crippen molar-refractivity contribution >= 4 is 39.4 Å². The van der Waals surface area contributed by atoms with Crippen molar-refractivity contribution in [2.24, 2.45) is 0 Å². The fourth-order valence-electron chi connectivity index (χ4n) is 2.45. The Morgan fingerprint density at radius 1 is 1.07 bits per heavy atom. The molecule has 1 N–H and O–H groups in total. The molecule has 0 heterocycles. The van der Waals surface area contributed by atoms with Crippen LogP contribution < -0.4 is 5.32 Å². The van der Waals surface area contributed by atoms with E-state index in [-0.39, 0.29) is 11.5 Å². The van der Waals surface area contributed by atoms with E-state index in [1.807, 2.05) is 13.8 Å². The molecule has 0 bridgehead atoms. The molecule has 0 radical (unpaired) electrons. The largest absolute Gasteiger partial charge is 0.452 e. The topological polar surface area (TPSA) is 75.7 Å². The number of rotatable bonds is 7. The van der Waals surface area contributed by atoms with Gasteiger partial charge in [0.2, 0.25) is 0 Å². The summed E-state index contributed by atoms with van der Waals surface area (Å²) in [6.45, 7) is 4.50. The maximum atomic E-state index is 13.2. The second kappa shape index (κ2) is 9.98. The summed E-state index contributed by atoms with van der Waals surface area (Å²) in [4.78, 5) is 37.9. The van der Waals surface area contributed by atoms with Crippen LogP contribution in [0, 0.1) is 5.82 Å². The average molecular weight is 451 g/mol. The molecule has 28 heavy (non-hydrogen) atoms. The van der Waals surface area contributed by atoms with Gasteiger partial charge in [-0.05, 0) is 72.2 Å². The Morgan fingerprint density at radius 3 is 2.32 bits per heavy atom. The lowest BCUT2D eigenvalue weighted by atomic mass is 10.2. The zero-order valence-corrected chi connectivity index (χ0v) is 17.1. The van der Waals surface area contributed by atoms with Gasteiger partial charge in [0, 0.05) is 28.8 Å². The molecule has 0 spiro atoms. The van der Waals surface area contributed by atoms with Crippen molar-refractivity contribution in [3.8, 4) is 0 Å². The van der Waals surface area contributed by atoms with E-state index in [0.29, 0.717) is 28.8 Å². The van der Waals surface area contributed by atoms with Crippen LogP contribution in [0.4, 0.5) is 10.1 Å². The van der Waals surface area contributed by atoms with E-state index in [9.17, 15) is 18.8 Å². The molecule has 2 aromatic rings. The minimum Gasteiger partial charge on any atom is -0.452 e. The molecule has 0 unspecified atom stereocenters. The summed E-state index contributed by atoms with van der Waals surface area (Å²) in [5.41, 5.74) is 0.972. The summed E-state index contributed by atoms with van der Waals surface area (Å²) in [6.07, 6.45) is 0. The van der Waals surface area contributed by atoms with Gasteiger partial charge in [-0.1, -0.05) is 0 Å². The lowest BCUT2D eigenvalue weighted by Gasteiger charge is -2.18. The SMILES string of the molecule is CCN(CC)C(=O)c1ccc(NC(=O)COC(=O)c2cc(F)ccc2Br)cc1. The van der Waals surface area contributed by atoms with Crippen LogP contribution in [0.1, 0.15) is 34.6 Å². The van der Waals surface area contributed by atoms with Crippen LogP contribution in [-0.4, -0.2) is 42.4 Å². The normalized spacial score (nSPS) is 10.3. The van der Waals surface area contributed by atoms with Crippen molar-refractivity contribution in [2.75, 3.05) is 25.0 Å². The van der Waals surface area contributed by atoms with Gasteiger partial charge in [-0.2, -0.15) is 0 Å². The quantitative estimate of drug-likeness (QED) is 0.649. The first-order valence-electron chi connectivity index (χ1n) is 8.67. The fourth-order valence-corrected chi connectivity index (χ4v) is 2.86. The predicted molar refractivity (Wildman–Crippen MR) is 107 cm³/mol. The van der Waals surface area contributed by atoms with E-state index in [1.54, 1.807) is 29.2 Å². The van der Waals surface area contributed by atoms with Gasteiger partial charge < -0.3 is 15.0 Å². The third-order valence-electron chi connectivity index (χ3n) is 3.95. The maximum absolute atomic E-state index is 13.2. The van der Waals surface area contributed by atoms with Crippen LogP contribution in [0.2, 0.25) is 0 Å². The highest BCUT2D eigenvalue weighted by atomic mass is 79.9. The molecule has 148 valence electrons. The molecule has 0 aliphatic heterocycles. The molecule has 0 aliphatic rings. The van der Waals surface area contributed by atoms with Crippen molar-refractivity contribution in [3.63, 3.8) is 0 Å². The van der Waals surface area contributed by atoms with E-state index in [1.165, 1.54) is 12.1 Å². The highest BCUT2D eigenvalue weighted by molar-refractivity contribution is 9.10. The van der Waals surface area contributed by atoms with E-state index in [0.717, 1.165) is 6.07 Å². The Labute approximate surface area is 170 Å². The molecule has 6 nitrogen and oxygen atoms in total. The molecule has 0 saturated heterocycles. The number of nitrogens with one attached hydrogen (secondary N) is 1. The van der Waals surface area contributed by atoms with Crippen LogP contribution >= 0.6 is 15.9 Å². The third-order valence-corrected chi connectivity index (χ3v) is 4.64. The van der Waals surface area contributed by atoms with Gasteiger partial charge in [-0.25, -0.2) is 9.18 Å². The molecule has 2 aromatic carbocycles. The number of carbonyl (C=O) groups is 3. The number of anilines is 1. The van der Waals surface area contributed by atoms with Gasteiger partial charge in [0.25, 0.3) is 11.8 Å². The summed E-state index contributed by atoms with van der Waals surface area (Å²) < 4.78 is 18.5. The second-order valence-corrected chi connectivity index (χ2v) is 6.66. The molecular weight excluding hydrogens is 431 g/mol. The minimum absolute atomic E-state index is 0.00734. The molecule has 0 saturated carbocycles. The zero-order chi connectivity index (χ0) is 20.7. The van der Waals surface area contributed by atoms with Gasteiger partial charge in [0.15, 0.2) is 6.61 Å². The summed E-state index contributed by atoms with van der Waals surface area (Å²) >= 11 is 3.13. The Hall–Kier alpha value is -2.74. The average Bonchev–Trinajstić information content (AvgIpc) is 2.69. The Kier molecular flexibility index (Phi) is 7.69. The molecule has 2 amide bonds. The molecule has 2 rings (SSSR count). The maximum Gasteiger partial charge on any atom is 0.339 e. The molecule has 0 aliphatic carbocycles. The number of carbonyl (C=O) groups excluding carboxylic acids is 3. The van der Waals surface area contributed by atoms with Crippen LogP contribution in [0.25, 0.3) is 0 Å². The van der Waals surface area contributed by atoms with Gasteiger partial charge in [-0.15, -0.1) is 0 Å². The lowest BCUT2D eigenvalue weighted by molar-refractivity contribution is -0.119. The highest BCUT2D eigenvalue weighted by Crippen LogP contribution is 2.19. The summed E-state index contributed by atoms with van der Waals surface area (Å²) in [6, 6.07) is 10.0. The Balaban J connectivity index is 1.92. The first-order valence-corrected chi connectivity index (χ1v) is 9.46. The second-order valence-electron chi connectivity index (χ2n) is 5.80. The van der Waals surface area contributed by atoms with Crippen LogP contribution in [0.5, 0.6) is 0 Å². The van der Waals surface area contributed by atoms with Crippen LogP contribution in [-0.2, 0) is 9.53 Å². The monoisotopic (exact) mass is 450 g/mol. The number of esters is 1. The lowest BCUT2D eigenvalue weighted by Crippen LogP contribution is -2.30. The highest BCUT2D eigenvalue weighted by Gasteiger charge is 2.15. The standard InChI is InChI=1S/C20H20BrFN2O4/c1-3-24(4-2)19(26)13-5-8-15(9-6-13)23-18(25)12-28-20(27)16-11-14(22)7-10-17(16)21/h5-11H,3-4,12H2,1-2H3,(H,23,25). The molecule has 0 aromatic heterocycles. The molecule has 0 fully saturated rings. The molecule has 8 heteroatoms. The van der Waals surface area contributed by atoms with E-state index >= 15 is 0 Å². The van der Waals surface area contributed by atoms with Gasteiger partial charge in [-0.3, -0.25) is 9.59 Å². The van der Waals surface area contributed by atoms with Crippen molar-refractivity contribution in [3.05, 3.63) is 63.9 Å². The van der Waals surface area contributed by atoms with E-state index in [4.69, 9.17) is 4.74 Å². The predicted octanol–water partition coefficient (Wildman–Crippen LogP) is 3.87. The fraction of sp³-hybridized carbons (Fsp3) is 0.250. The number of nitrogens with zero attached hydrogens (tertiary/aromatic N) is 1. The van der Waals surface area contributed by atoms with Crippen LogP contribution in [0.15, 0.2) is 46.9 Å². The minimum atomic E-state index is -0.818. The number of hydrogen-bond donors (Lipinski definition) is 1. The number of ether oxygens (including phenoxy) is 1. The smallest absolute Gasteiger partial charge is 0.339 e. The first-order chi connectivity index (χ1) is 13.3. The number of halogens is 2. The van der Waals surface area contributed by atoms with Gasteiger partial charge in [0.05, 0.1) is 5.56 Å². The Bertz CT molecular complexity index is 867. The first kappa shape index (κ1) is 21.6. The van der Waals surface area contributed by atoms with E-state index < -0.39 is 24.3 Å². The number of benzene rings is 2. The summed E-state index contributed by atoms with van der Waals surface area (Å²) in [5, 5.41) is 2.57. The van der Waals surface area contributed by atoms with Crippen molar-refractivity contribution in [2.45, 2.75) is 13.8 Å². The zero-order valence-electron chi connectivity index (χ0n) is 15.5. The summed E-state index contributed by atoms with van der Waals surface area (Å²) in [7, 11) is 0. The molecular formula is C20H20BrFN2O4. The van der Waals surface area contributed by atoms with Crippen molar-refractivity contribution in [1.29, 1.82) is 0 Å². The Morgan fingerprint density at radius 2 is 1.71 bits per heavy atom. The van der Waals surface area contributed by atoms with Gasteiger partial charge >= 0.3 is 5.97 Å². The summed E-state index contributed by atoms with van der Waals surface area (Å²) in [5.74, 6) is -2.04. The third kappa shape index (κ3) is 5.63. The van der Waals surface area contributed by atoms with Crippen LogP contribution in [0.3, 0.4) is 0 Å². The van der Waals surface area contributed by atoms with E-state index in [2.05, 4.69) is 21.2 Å². The van der Waals surface area contributed by atoms with Crippen molar-refractivity contribution in [1.82, 2.24) is 4.90 Å². The molecule has 0 atom stereocenters. The van der Waals surface area contributed by atoms with Gasteiger partial charge in [0.1, 0.15) is 5.82 Å². The van der Waals surface area contributed by atoms with Crippen molar-refractivity contribution < 1.29 is 23.5 Å². The number of hydrogen-bond acceptors (Lipinski definition) is 4.